The van der Waals surface area contributed by atoms with E-state index in [1.54, 1.807) is 24.3 Å². The third-order valence-electron chi connectivity index (χ3n) is 4.52. The molecule has 0 aliphatic carbocycles. The van der Waals surface area contributed by atoms with Crippen molar-refractivity contribution in [1.82, 2.24) is 9.78 Å². The second kappa shape index (κ2) is 8.16. The summed E-state index contributed by atoms with van der Waals surface area (Å²) in [4.78, 5) is 25.4. The Hall–Kier alpha value is -4.00. The van der Waals surface area contributed by atoms with Crippen LogP contribution in [0.1, 0.15) is 17.4 Å². The Bertz CT molecular complexity index is 1270. The highest BCUT2D eigenvalue weighted by atomic mass is 19.1. The summed E-state index contributed by atoms with van der Waals surface area (Å²) >= 11 is 0. The second-order valence-electron chi connectivity index (χ2n) is 6.55. The number of carbonyl (C=O) groups excluding carboxylic acids is 1. The zero-order chi connectivity index (χ0) is 21.1. The lowest BCUT2D eigenvalue weighted by atomic mass is 10.2. The first-order valence-corrected chi connectivity index (χ1v) is 9.40. The lowest BCUT2D eigenvalue weighted by molar-refractivity contribution is 0.101. The number of ether oxygens (including phenoxy) is 1. The number of hydrogen-bond donors (Lipinski definition) is 1. The van der Waals surface area contributed by atoms with E-state index < -0.39 is 17.2 Å². The highest BCUT2D eigenvalue weighted by molar-refractivity contribution is 6.04. The number of benzene rings is 3. The van der Waals surface area contributed by atoms with Crippen LogP contribution in [0.25, 0.3) is 10.9 Å². The summed E-state index contributed by atoms with van der Waals surface area (Å²) < 4.78 is 20.9. The van der Waals surface area contributed by atoms with Gasteiger partial charge in [-0.2, -0.15) is 5.10 Å². The molecule has 0 bridgehead atoms. The number of rotatable bonds is 5. The molecule has 3 aromatic carbocycles. The molecule has 7 heteroatoms. The minimum absolute atomic E-state index is 0.114. The van der Waals surface area contributed by atoms with Crippen LogP contribution in [0.4, 0.5) is 10.1 Å². The summed E-state index contributed by atoms with van der Waals surface area (Å²) in [6, 6.07) is 19.9. The van der Waals surface area contributed by atoms with E-state index in [1.807, 2.05) is 37.3 Å². The number of aromatic nitrogens is 2. The fraction of sp³-hybridized carbons (Fsp3) is 0.0870. The minimum atomic E-state index is -0.662. The number of nitrogens with zero attached hydrogens (tertiary/aromatic N) is 2. The first-order valence-electron chi connectivity index (χ1n) is 9.40. The van der Waals surface area contributed by atoms with E-state index in [-0.39, 0.29) is 11.1 Å². The Morgan fingerprint density at radius 2 is 1.73 bits per heavy atom. The van der Waals surface area contributed by atoms with Crippen molar-refractivity contribution >= 4 is 22.5 Å². The van der Waals surface area contributed by atoms with Crippen molar-refractivity contribution in [3.8, 4) is 11.5 Å². The molecular weight excluding hydrogens is 385 g/mol. The number of fused-ring (bicyclic) bond motifs is 1. The number of hydrogen-bond acceptors (Lipinski definition) is 4. The summed E-state index contributed by atoms with van der Waals surface area (Å²) in [5.74, 6) is 0.0905. The van der Waals surface area contributed by atoms with Crippen molar-refractivity contribution in [3.05, 3.63) is 94.5 Å². The summed E-state index contributed by atoms with van der Waals surface area (Å²) in [7, 11) is 0. The molecule has 4 aromatic rings. The van der Waals surface area contributed by atoms with E-state index in [4.69, 9.17) is 4.74 Å². The first kappa shape index (κ1) is 19.3. The Kier molecular flexibility index (Phi) is 5.26. The summed E-state index contributed by atoms with van der Waals surface area (Å²) in [6.07, 6.45) is 0. The number of halogens is 1. The zero-order valence-electron chi connectivity index (χ0n) is 16.1. The van der Waals surface area contributed by atoms with Crippen LogP contribution in [0.2, 0.25) is 0 Å². The monoisotopic (exact) mass is 403 g/mol. The van der Waals surface area contributed by atoms with Gasteiger partial charge >= 0.3 is 0 Å². The number of anilines is 1. The van der Waals surface area contributed by atoms with Crippen LogP contribution >= 0.6 is 0 Å². The molecule has 0 atom stereocenters. The largest absolute Gasteiger partial charge is 0.457 e. The van der Waals surface area contributed by atoms with Gasteiger partial charge in [0.25, 0.3) is 5.91 Å². The maximum atomic E-state index is 13.6. The smallest absolute Gasteiger partial charge is 0.280 e. The molecule has 1 N–H and O–H groups in total. The van der Waals surface area contributed by atoms with Gasteiger partial charge in [-0.25, -0.2) is 4.39 Å². The van der Waals surface area contributed by atoms with Crippen molar-refractivity contribution < 1.29 is 13.9 Å². The van der Waals surface area contributed by atoms with E-state index in [2.05, 4.69) is 10.4 Å². The molecule has 1 aromatic heterocycles. The summed E-state index contributed by atoms with van der Waals surface area (Å²) in [6.45, 7) is 2.25. The van der Waals surface area contributed by atoms with E-state index in [0.717, 1.165) is 6.07 Å². The van der Waals surface area contributed by atoms with Crippen LogP contribution in [0, 0.1) is 5.82 Å². The first-order chi connectivity index (χ1) is 14.5. The van der Waals surface area contributed by atoms with Gasteiger partial charge in [-0.05, 0) is 61.5 Å². The Morgan fingerprint density at radius 1 is 1.03 bits per heavy atom. The quantitative estimate of drug-likeness (QED) is 0.529. The Labute approximate surface area is 171 Å². The maximum Gasteiger partial charge on any atom is 0.280 e. The van der Waals surface area contributed by atoms with Gasteiger partial charge in [0, 0.05) is 12.2 Å². The molecule has 0 saturated carbocycles. The van der Waals surface area contributed by atoms with Gasteiger partial charge in [-0.3, -0.25) is 14.3 Å². The standard InChI is InChI=1S/C23H18FN3O3/c1-2-27-20-13-8-15(24)14-19(20)22(28)21(26-27)23(29)25-16-9-11-18(12-10-16)30-17-6-4-3-5-7-17/h3-14H,2H2,1H3,(H,25,29). The normalized spacial score (nSPS) is 10.7. The molecule has 30 heavy (non-hydrogen) atoms. The van der Waals surface area contributed by atoms with Gasteiger partial charge in [0.2, 0.25) is 5.43 Å². The second-order valence-corrected chi connectivity index (χ2v) is 6.55. The van der Waals surface area contributed by atoms with Gasteiger partial charge < -0.3 is 10.1 Å². The fourth-order valence-corrected chi connectivity index (χ4v) is 3.07. The van der Waals surface area contributed by atoms with Gasteiger partial charge in [0.15, 0.2) is 5.69 Å². The predicted molar refractivity (Wildman–Crippen MR) is 113 cm³/mol. The molecule has 0 unspecified atom stereocenters. The average Bonchev–Trinajstić information content (AvgIpc) is 2.76. The molecule has 6 nitrogen and oxygen atoms in total. The summed E-state index contributed by atoms with van der Waals surface area (Å²) in [5.41, 5.74) is 0.0437. The van der Waals surface area contributed by atoms with Crippen LogP contribution in [-0.2, 0) is 6.54 Å². The molecule has 150 valence electrons. The maximum absolute atomic E-state index is 13.6. The Morgan fingerprint density at radius 3 is 2.43 bits per heavy atom. The van der Waals surface area contributed by atoms with Crippen molar-refractivity contribution in [2.75, 3.05) is 5.32 Å². The molecule has 1 amide bonds. The number of nitrogens with one attached hydrogen (secondary N) is 1. The number of amides is 1. The van der Waals surface area contributed by atoms with E-state index in [0.29, 0.717) is 29.2 Å². The Balaban J connectivity index is 1.59. The molecule has 1 heterocycles. The van der Waals surface area contributed by atoms with E-state index in [1.165, 1.54) is 16.8 Å². The lowest BCUT2D eigenvalue weighted by Crippen LogP contribution is -2.27. The zero-order valence-corrected chi connectivity index (χ0v) is 16.1. The fourth-order valence-electron chi connectivity index (χ4n) is 3.07. The molecule has 0 radical (unpaired) electrons. The van der Waals surface area contributed by atoms with Crippen LogP contribution in [0.15, 0.2) is 77.6 Å². The van der Waals surface area contributed by atoms with Crippen molar-refractivity contribution in [2.45, 2.75) is 13.5 Å². The molecule has 0 spiro atoms. The topological polar surface area (TPSA) is 73.2 Å². The van der Waals surface area contributed by atoms with Gasteiger partial charge in [-0.15, -0.1) is 0 Å². The van der Waals surface area contributed by atoms with Gasteiger partial charge in [-0.1, -0.05) is 18.2 Å². The van der Waals surface area contributed by atoms with Gasteiger partial charge in [0.1, 0.15) is 17.3 Å². The van der Waals surface area contributed by atoms with Crippen LogP contribution in [-0.4, -0.2) is 15.7 Å². The highest BCUT2D eigenvalue weighted by Crippen LogP contribution is 2.23. The molecule has 0 fully saturated rings. The molecule has 4 rings (SSSR count). The average molecular weight is 403 g/mol. The molecular formula is C23H18FN3O3. The lowest BCUT2D eigenvalue weighted by Gasteiger charge is -2.11. The molecule has 0 aliphatic heterocycles. The summed E-state index contributed by atoms with van der Waals surface area (Å²) in [5, 5.41) is 6.93. The van der Waals surface area contributed by atoms with Crippen molar-refractivity contribution in [2.24, 2.45) is 0 Å². The van der Waals surface area contributed by atoms with Crippen LogP contribution in [0.5, 0.6) is 11.5 Å². The van der Waals surface area contributed by atoms with Crippen LogP contribution < -0.4 is 15.5 Å². The van der Waals surface area contributed by atoms with E-state index >= 15 is 0 Å². The molecule has 0 saturated heterocycles. The predicted octanol–water partition coefficient (Wildman–Crippen LogP) is 4.60. The SMILES string of the molecule is CCn1nc(C(=O)Nc2ccc(Oc3ccccc3)cc2)c(=O)c2cc(F)ccc21. The minimum Gasteiger partial charge on any atom is -0.457 e. The van der Waals surface area contributed by atoms with E-state index in [9.17, 15) is 14.0 Å². The van der Waals surface area contributed by atoms with Crippen molar-refractivity contribution in [3.63, 3.8) is 0 Å². The number of para-hydroxylation sites is 1. The third kappa shape index (κ3) is 3.91. The molecule has 0 aliphatic rings. The van der Waals surface area contributed by atoms with Crippen molar-refractivity contribution in [1.29, 1.82) is 0 Å². The van der Waals surface area contributed by atoms with Gasteiger partial charge in [0.05, 0.1) is 10.9 Å². The number of carbonyl (C=O) groups is 1. The third-order valence-corrected chi connectivity index (χ3v) is 4.52. The highest BCUT2D eigenvalue weighted by Gasteiger charge is 2.18. The number of aryl methyl sites for hydroxylation is 1. The van der Waals surface area contributed by atoms with Crippen LogP contribution in [0.3, 0.4) is 0 Å².